The maximum absolute atomic E-state index is 10.8. The van der Waals surface area contributed by atoms with Crippen LogP contribution >= 0.6 is 11.6 Å². The first-order valence-corrected chi connectivity index (χ1v) is 10.0. The second-order valence-corrected chi connectivity index (χ2v) is 8.26. The molecule has 6 atom stereocenters. The van der Waals surface area contributed by atoms with E-state index in [0.29, 0.717) is 17.3 Å². The number of fused-ring (bicyclic) bond motifs is 2. The molecule has 2 aliphatic heterocycles. The Bertz CT molecular complexity index is 1070. The molecule has 3 aromatic rings. The molecule has 1 fully saturated rings. The Kier molecular flexibility index (Phi) is 4.60. The number of aromatic nitrogens is 3. The van der Waals surface area contributed by atoms with Gasteiger partial charge in [0.25, 0.3) is 0 Å². The highest BCUT2D eigenvalue weighted by atomic mass is 35.5. The van der Waals surface area contributed by atoms with Crippen molar-refractivity contribution in [1.82, 2.24) is 14.5 Å². The Labute approximate surface area is 172 Å². The van der Waals surface area contributed by atoms with Crippen molar-refractivity contribution in [3.63, 3.8) is 0 Å². The van der Waals surface area contributed by atoms with Crippen molar-refractivity contribution in [1.29, 1.82) is 0 Å². The maximum atomic E-state index is 10.8. The first-order valence-electron chi connectivity index (χ1n) is 9.66. The summed E-state index contributed by atoms with van der Waals surface area (Å²) >= 11 is 6.18. The van der Waals surface area contributed by atoms with Crippen LogP contribution in [0.15, 0.2) is 36.8 Å². The van der Waals surface area contributed by atoms with Crippen molar-refractivity contribution in [2.45, 2.75) is 50.4 Å². The summed E-state index contributed by atoms with van der Waals surface area (Å²) in [5.41, 5.74) is 3.51. The average molecular weight is 416 g/mol. The summed E-state index contributed by atoms with van der Waals surface area (Å²) in [4.78, 5) is 8.53. The molecule has 1 aromatic carbocycles. The summed E-state index contributed by atoms with van der Waals surface area (Å²) < 4.78 is 14.0. The van der Waals surface area contributed by atoms with Crippen LogP contribution in [0.25, 0.3) is 11.0 Å². The van der Waals surface area contributed by atoms with Gasteiger partial charge in [-0.3, -0.25) is 0 Å². The number of benzene rings is 1. The van der Waals surface area contributed by atoms with Gasteiger partial charge in [-0.05, 0) is 36.2 Å². The molecule has 5 rings (SSSR count). The zero-order valence-electron chi connectivity index (χ0n) is 16.1. The molecule has 8 heteroatoms. The summed E-state index contributed by atoms with van der Waals surface area (Å²) in [6.45, 7) is 4.46. The SMILES string of the molecule is Cc1ncnc2c1ccn2[C@@H]1O[C@H]([C@@H]2OCC(C)c3cc(Cl)ccc32)[C@@H](O)[C@H]1O. The van der Waals surface area contributed by atoms with E-state index >= 15 is 0 Å². The van der Waals surface area contributed by atoms with Gasteiger partial charge in [0, 0.05) is 22.5 Å². The Balaban J connectivity index is 1.51. The van der Waals surface area contributed by atoms with Crippen LogP contribution in [0.5, 0.6) is 0 Å². The summed E-state index contributed by atoms with van der Waals surface area (Å²) in [6, 6.07) is 7.54. The highest BCUT2D eigenvalue weighted by molar-refractivity contribution is 6.30. The van der Waals surface area contributed by atoms with Gasteiger partial charge in [0.15, 0.2) is 6.23 Å². The largest absolute Gasteiger partial charge is 0.387 e. The van der Waals surface area contributed by atoms with Crippen molar-refractivity contribution in [2.24, 2.45) is 0 Å². The van der Waals surface area contributed by atoms with E-state index in [-0.39, 0.29) is 5.92 Å². The Morgan fingerprint density at radius 2 is 1.97 bits per heavy atom. The van der Waals surface area contributed by atoms with Crippen molar-refractivity contribution in [3.05, 3.63) is 58.6 Å². The van der Waals surface area contributed by atoms with Gasteiger partial charge in [0.2, 0.25) is 0 Å². The molecule has 4 heterocycles. The Morgan fingerprint density at radius 3 is 2.79 bits per heavy atom. The standard InChI is InChI=1S/C21H22ClN3O4/c1-10-8-28-18(14-4-3-12(22)7-15(10)14)19-16(26)17(27)21(29-19)25-6-5-13-11(2)23-9-24-20(13)25/h3-7,9-10,16-19,21,26-27H,8H2,1-2H3/t10?,16-,17+,18+,19-,21+/m0/s1. The van der Waals surface area contributed by atoms with Crippen LogP contribution in [0.1, 0.15) is 42.0 Å². The highest BCUT2D eigenvalue weighted by Crippen LogP contribution is 2.44. The average Bonchev–Trinajstić information content (AvgIpc) is 3.26. The molecular formula is C21H22ClN3O4. The quantitative estimate of drug-likeness (QED) is 0.669. The number of nitrogens with zero attached hydrogens (tertiary/aromatic N) is 3. The summed E-state index contributed by atoms with van der Waals surface area (Å²) in [6.07, 6.45) is -0.941. The summed E-state index contributed by atoms with van der Waals surface area (Å²) in [5, 5.41) is 23.2. The molecule has 2 aromatic heterocycles. The predicted octanol–water partition coefficient (Wildman–Crippen LogP) is 2.89. The van der Waals surface area contributed by atoms with Crippen molar-refractivity contribution in [2.75, 3.05) is 6.61 Å². The molecule has 0 amide bonds. The van der Waals surface area contributed by atoms with Crippen molar-refractivity contribution < 1.29 is 19.7 Å². The first kappa shape index (κ1) is 19.0. The fourth-order valence-electron chi connectivity index (χ4n) is 4.40. The molecule has 0 aliphatic carbocycles. The van der Waals surface area contributed by atoms with Crippen LogP contribution < -0.4 is 0 Å². The number of ether oxygens (including phenoxy) is 2. The summed E-state index contributed by atoms with van der Waals surface area (Å²) in [7, 11) is 0. The van der Waals surface area contributed by atoms with Gasteiger partial charge in [-0.2, -0.15) is 0 Å². The van der Waals surface area contributed by atoms with Crippen LogP contribution in [-0.2, 0) is 9.47 Å². The van der Waals surface area contributed by atoms with Crippen LogP contribution in [0.3, 0.4) is 0 Å². The molecular weight excluding hydrogens is 394 g/mol. The first-order chi connectivity index (χ1) is 14.0. The second-order valence-electron chi connectivity index (χ2n) is 7.82. The minimum absolute atomic E-state index is 0.187. The number of hydrogen-bond donors (Lipinski definition) is 2. The van der Waals surface area contributed by atoms with Gasteiger partial charge in [-0.1, -0.05) is 24.6 Å². The number of aryl methyl sites for hydroxylation is 1. The lowest BCUT2D eigenvalue weighted by Crippen LogP contribution is -2.38. The van der Waals surface area contributed by atoms with Gasteiger partial charge in [0.1, 0.15) is 36.4 Å². The number of halogens is 1. The lowest BCUT2D eigenvalue weighted by Gasteiger charge is -2.34. The van der Waals surface area contributed by atoms with E-state index in [4.69, 9.17) is 21.1 Å². The normalized spacial score (nSPS) is 31.9. The van der Waals surface area contributed by atoms with Crippen LogP contribution in [0.4, 0.5) is 0 Å². The minimum atomic E-state index is -1.12. The molecule has 29 heavy (non-hydrogen) atoms. The zero-order chi connectivity index (χ0) is 20.3. The van der Waals surface area contributed by atoms with Crippen LogP contribution in [0.2, 0.25) is 5.02 Å². The molecule has 0 spiro atoms. The molecule has 0 saturated carbocycles. The zero-order valence-corrected chi connectivity index (χ0v) is 16.8. The smallest absolute Gasteiger partial charge is 0.164 e. The fourth-order valence-corrected chi connectivity index (χ4v) is 4.58. The topological polar surface area (TPSA) is 89.6 Å². The lowest BCUT2D eigenvalue weighted by molar-refractivity contribution is -0.116. The molecule has 0 radical (unpaired) electrons. The van der Waals surface area contributed by atoms with Crippen LogP contribution in [-0.4, -0.2) is 49.7 Å². The lowest BCUT2D eigenvalue weighted by atomic mass is 9.87. The highest BCUT2D eigenvalue weighted by Gasteiger charge is 2.49. The number of aliphatic hydroxyl groups excluding tert-OH is 2. The Morgan fingerprint density at radius 1 is 1.14 bits per heavy atom. The monoisotopic (exact) mass is 415 g/mol. The van der Waals surface area contributed by atoms with Gasteiger partial charge in [-0.15, -0.1) is 0 Å². The molecule has 1 saturated heterocycles. The molecule has 152 valence electrons. The molecule has 2 N–H and O–H groups in total. The van der Waals surface area contributed by atoms with Gasteiger partial charge < -0.3 is 24.3 Å². The van der Waals surface area contributed by atoms with Crippen molar-refractivity contribution in [3.8, 4) is 0 Å². The predicted molar refractivity (Wildman–Crippen MR) is 107 cm³/mol. The van der Waals surface area contributed by atoms with Crippen molar-refractivity contribution >= 4 is 22.6 Å². The third-order valence-electron chi connectivity index (χ3n) is 5.97. The van der Waals surface area contributed by atoms with Gasteiger partial charge >= 0.3 is 0 Å². The van der Waals surface area contributed by atoms with E-state index in [1.165, 1.54) is 6.33 Å². The summed E-state index contributed by atoms with van der Waals surface area (Å²) in [5.74, 6) is 0.187. The third-order valence-corrected chi connectivity index (χ3v) is 6.20. The second kappa shape index (κ2) is 7.04. The molecule has 7 nitrogen and oxygen atoms in total. The van der Waals surface area contributed by atoms with E-state index in [2.05, 4.69) is 16.9 Å². The number of rotatable bonds is 2. The minimum Gasteiger partial charge on any atom is -0.387 e. The van der Waals surface area contributed by atoms with Crippen LogP contribution in [0, 0.1) is 6.92 Å². The van der Waals surface area contributed by atoms with E-state index in [1.807, 2.05) is 31.2 Å². The van der Waals surface area contributed by atoms with E-state index in [1.54, 1.807) is 10.8 Å². The van der Waals surface area contributed by atoms with E-state index < -0.39 is 30.6 Å². The number of hydrogen-bond acceptors (Lipinski definition) is 6. The maximum Gasteiger partial charge on any atom is 0.164 e. The molecule has 2 aliphatic rings. The Hall–Kier alpha value is -2.03. The fraction of sp³-hybridized carbons (Fsp3) is 0.429. The molecule has 1 unspecified atom stereocenters. The van der Waals surface area contributed by atoms with E-state index in [0.717, 1.165) is 22.2 Å². The van der Waals surface area contributed by atoms with Gasteiger partial charge in [-0.25, -0.2) is 9.97 Å². The van der Waals surface area contributed by atoms with Gasteiger partial charge in [0.05, 0.1) is 12.3 Å². The third kappa shape index (κ3) is 2.96. The number of aliphatic hydroxyl groups is 2. The van der Waals surface area contributed by atoms with E-state index in [9.17, 15) is 10.2 Å². The molecule has 0 bridgehead atoms.